The highest BCUT2D eigenvalue weighted by Crippen LogP contribution is 2.37. The lowest BCUT2D eigenvalue weighted by molar-refractivity contribution is 0.129. The summed E-state index contributed by atoms with van der Waals surface area (Å²) in [7, 11) is 1.84. The van der Waals surface area contributed by atoms with E-state index in [2.05, 4.69) is 15.3 Å². The zero-order valence-electron chi connectivity index (χ0n) is 14.4. The van der Waals surface area contributed by atoms with Crippen molar-refractivity contribution < 1.29 is 14.6 Å². The number of aromatic nitrogens is 2. The Hall–Kier alpha value is -2.54. The number of benzene rings is 1. The maximum Gasteiger partial charge on any atom is 0.231 e. The first-order chi connectivity index (χ1) is 12.1. The number of nitrogens with zero attached hydrogens (tertiary/aromatic N) is 3. The number of hydrogen-bond acceptors (Lipinski definition) is 7. The number of nitrogens with one attached hydrogen (secondary N) is 1. The van der Waals surface area contributed by atoms with Crippen LogP contribution in [0.25, 0.3) is 0 Å². The Labute approximate surface area is 146 Å². The van der Waals surface area contributed by atoms with Gasteiger partial charge in [0.15, 0.2) is 11.5 Å². The zero-order valence-corrected chi connectivity index (χ0v) is 14.4. The first kappa shape index (κ1) is 16.0. The molecule has 7 heteroatoms. The molecule has 7 nitrogen and oxygen atoms in total. The third-order valence-corrected chi connectivity index (χ3v) is 4.79. The van der Waals surface area contributed by atoms with E-state index in [9.17, 15) is 5.11 Å². The minimum absolute atomic E-state index is 0.0688. The first-order valence-corrected chi connectivity index (χ1v) is 8.50. The highest BCUT2D eigenvalue weighted by Gasteiger charge is 2.31. The number of β-amino-alcohol motifs (C(OH)–C–C–N with tert-alkyl or cyclic N) is 1. The zero-order chi connectivity index (χ0) is 17.4. The van der Waals surface area contributed by atoms with E-state index in [4.69, 9.17) is 9.47 Å². The van der Waals surface area contributed by atoms with Crippen molar-refractivity contribution in [2.24, 2.45) is 0 Å². The maximum absolute atomic E-state index is 10.7. The van der Waals surface area contributed by atoms with Crippen molar-refractivity contribution in [3.05, 3.63) is 35.5 Å². The van der Waals surface area contributed by atoms with Crippen LogP contribution in [-0.2, 0) is 0 Å². The lowest BCUT2D eigenvalue weighted by Crippen LogP contribution is -2.43. The average molecular weight is 342 g/mol. The summed E-state index contributed by atoms with van der Waals surface area (Å²) < 4.78 is 10.8. The summed E-state index contributed by atoms with van der Waals surface area (Å²) in [5, 5.41) is 13.8. The van der Waals surface area contributed by atoms with E-state index < -0.39 is 6.10 Å². The molecular formula is C18H22N4O3. The number of piperidine rings is 1. The molecule has 0 bridgehead atoms. The van der Waals surface area contributed by atoms with E-state index in [0.717, 1.165) is 41.5 Å². The van der Waals surface area contributed by atoms with Crippen LogP contribution in [0.4, 0.5) is 11.8 Å². The number of aliphatic hydroxyl groups excluding tert-OH is 1. The summed E-state index contributed by atoms with van der Waals surface area (Å²) in [5.41, 5.74) is 1.99. The van der Waals surface area contributed by atoms with Gasteiger partial charge >= 0.3 is 0 Å². The van der Waals surface area contributed by atoms with Gasteiger partial charge in [0.2, 0.25) is 12.7 Å². The second kappa shape index (κ2) is 6.40. The molecule has 1 aromatic heterocycles. The molecule has 3 heterocycles. The highest BCUT2D eigenvalue weighted by molar-refractivity contribution is 5.47. The van der Waals surface area contributed by atoms with Gasteiger partial charge in [-0.05, 0) is 31.0 Å². The van der Waals surface area contributed by atoms with E-state index >= 15 is 0 Å². The van der Waals surface area contributed by atoms with E-state index in [1.165, 1.54) is 0 Å². The summed E-state index contributed by atoms with van der Waals surface area (Å²) in [6.45, 7) is 3.51. The Kier molecular flexibility index (Phi) is 4.09. The molecule has 132 valence electrons. The van der Waals surface area contributed by atoms with Gasteiger partial charge < -0.3 is 24.8 Å². The van der Waals surface area contributed by atoms with Gasteiger partial charge in [-0.3, -0.25) is 0 Å². The van der Waals surface area contributed by atoms with Gasteiger partial charge in [0.05, 0.1) is 6.10 Å². The summed E-state index contributed by atoms with van der Waals surface area (Å²) in [4.78, 5) is 11.1. The number of aliphatic hydroxyl groups is 1. The second-order valence-corrected chi connectivity index (χ2v) is 6.47. The van der Waals surface area contributed by atoms with Gasteiger partial charge in [-0.15, -0.1) is 0 Å². The van der Waals surface area contributed by atoms with Gasteiger partial charge in [0, 0.05) is 37.8 Å². The normalized spacial score (nSPS) is 22.1. The predicted molar refractivity (Wildman–Crippen MR) is 94.5 cm³/mol. The van der Waals surface area contributed by atoms with Gasteiger partial charge in [-0.25, -0.2) is 4.98 Å². The number of ether oxygens (including phenoxy) is 2. The number of anilines is 2. The van der Waals surface area contributed by atoms with Crippen molar-refractivity contribution in [2.45, 2.75) is 25.4 Å². The van der Waals surface area contributed by atoms with E-state index in [0.29, 0.717) is 12.5 Å². The van der Waals surface area contributed by atoms with Crippen LogP contribution in [0.3, 0.4) is 0 Å². The van der Waals surface area contributed by atoms with E-state index in [-0.39, 0.29) is 12.7 Å². The number of fused-ring (bicyclic) bond motifs is 1. The Morgan fingerprint density at radius 3 is 2.84 bits per heavy atom. The molecule has 2 aliphatic rings. The molecule has 2 atom stereocenters. The van der Waals surface area contributed by atoms with Gasteiger partial charge in [0.1, 0.15) is 5.82 Å². The van der Waals surface area contributed by atoms with Crippen LogP contribution in [-0.4, -0.2) is 48.1 Å². The molecule has 0 radical (unpaired) electrons. The fourth-order valence-electron chi connectivity index (χ4n) is 3.47. The minimum Gasteiger partial charge on any atom is -0.454 e. The number of rotatable bonds is 3. The molecule has 2 aliphatic heterocycles. The van der Waals surface area contributed by atoms with Gasteiger partial charge in [-0.2, -0.15) is 4.98 Å². The Bertz CT molecular complexity index is 783. The van der Waals surface area contributed by atoms with Crippen LogP contribution in [0.2, 0.25) is 0 Å². The number of aryl methyl sites for hydroxylation is 1. The molecule has 2 N–H and O–H groups in total. The van der Waals surface area contributed by atoms with Crippen molar-refractivity contribution in [1.82, 2.24) is 9.97 Å². The third kappa shape index (κ3) is 3.07. The quantitative estimate of drug-likeness (QED) is 0.882. The fraction of sp³-hybridized carbons (Fsp3) is 0.444. The molecule has 0 aliphatic carbocycles. The van der Waals surface area contributed by atoms with Gasteiger partial charge in [0.25, 0.3) is 0 Å². The van der Waals surface area contributed by atoms with Crippen LogP contribution in [0.5, 0.6) is 11.5 Å². The van der Waals surface area contributed by atoms with Crippen LogP contribution < -0.4 is 19.7 Å². The average Bonchev–Trinajstić information content (AvgIpc) is 3.08. The van der Waals surface area contributed by atoms with E-state index in [1.54, 1.807) is 0 Å². The molecule has 0 unspecified atom stereocenters. The molecule has 0 saturated carbocycles. The molecule has 4 rings (SSSR count). The summed E-state index contributed by atoms with van der Waals surface area (Å²) in [6.07, 6.45) is 0.337. The van der Waals surface area contributed by atoms with E-state index in [1.807, 2.05) is 43.1 Å². The SMILES string of the molecule is CNc1cc(C)nc(N2CC[C@@H](c3ccc4c(c3)OCO4)[C@H](O)C2)n1. The summed E-state index contributed by atoms with van der Waals surface area (Å²) in [6, 6.07) is 7.81. The largest absolute Gasteiger partial charge is 0.454 e. The molecular weight excluding hydrogens is 320 g/mol. The van der Waals surface area contributed by atoms with Crippen molar-refractivity contribution in [1.29, 1.82) is 0 Å². The lowest BCUT2D eigenvalue weighted by Gasteiger charge is -2.36. The molecule has 1 fully saturated rings. The number of hydrogen-bond donors (Lipinski definition) is 2. The van der Waals surface area contributed by atoms with Gasteiger partial charge in [-0.1, -0.05) is 6.07 Å². The molecule has 0 amide bonds. The van der Waals surface area contributed by atoms with Crippen molar-refractivity contribution in [3.8, 4) is 11.5 Å². The van der Waals surface area contributed by atoms with Crippen LogP contribution in [0, 0.1) is 6.92 Å². The highest BCUT2D eigenvalue weighted by atomic mass is 16.7. The monoisotopic (exact) mass is 342 g/mol. The Morgan fingerprint density at radius 1 is 1.20 bits per heavy atom. The lowest BCUT2D eigenvalue weighted by atomic mass is 9.87. The molecule has 0 spiro atoms. The maximum atomic E-state index is 10.7. The van der Waals surface area contributed by atoms with Crippen LogP contribution >= 0.6 is 0 Å². The van der Waals surface area contributed by atoms with Crippen molar-refractivity contribution in [3.63, 3.8) is 0 Å². The van der Waals surface area contributed by atoms with Crippen LogP contribution in [0.15, 0.2) is 24.3 Å². The topological polar surface area (TPSA) is 79.7 Å². The molecule has 1 aromatic carbocycles. The predicted octanol–water partition coefficient (Wildman–Crippen LogP) is 1.91. The first-order valence-electron chi connectivity index (χ1n) is 8.50. The molecule has 1 saturated heterocycles. The third-order valence-electron chi connectivity index (χ3n) is 4.79. The summed E-state index contributed by atoms with van der Waals surface area (Å²) >= 11 is 0. The fourth-order valence-corrected chi connectivity index (χ4v) is 3.47. The Balaban J connectivity index is 1.51. The minimum atomic E-state index is -0.490. The molecule has 2 aromatic rings. The second-order valence-electron chi connectivity index (χ2n) is 6.47. The summed E-state index contributed by atoms with van der Waals surface area (Å²) in [5.74, 6) is 3.04. The van der Waals surface area contributed by atoms with Crippen molar-refractivity contribution >= 4 is 11.8 Å². The molecule has 25 heavy (non-hydrogen) atoms. The standard InChI is InChI=1S/C18H22N4O3/c1-11-7-17(19-2)21-18(20-11)22-6-5-13(14(23)9-22)12-3-4-15-16(8-12)25-10-24-15/h3-4,7-8,13-14,23H,5-6,9-10H2,1-2H3,(H,19,20,21)/t13-,14+/m0/s1. The van der Waals surface area contributed by atoms with Crippen LogP contribution in [0.1, 0.15) is 23.6 Å². The van der Waals surface area contributed by atoms with Crippen molar-refractivity contribution in [2.75, 3.05) is 37.1 Å². The smallest absolute Gasteiger partial charge is 0.231 e. The Morgan fingerprint density at radius 2 is 2.04 bits per heavy atom.